The Morgan fingerprint density at radius 3 is 2.31 bits per heavy atom. The molecule has 0 saturated heterocycles. The number of hydrogen-bond acceptors (Lipinski definition) is 2. The summed E-state index contributed by atoms with van der Waals surface area (Å²) in [5, 5.41) is 0. The lowest BCUT2D eigenvalue weighted by molar-refractivity contribution is -0.111. The predicted molar refractivity (Wildman–Crippen MR) is 51.1 cm³/mol. The van der Waals surface area contributed by atoms with E-state index >= 15 is 0 Å². The van der Waals surface area contributed by atoms with Gasteiger partial charge in [0.05, 0.1) is 0 Å². The van der Waals surface area contributed by atoms with E-state index < -0.39 is 0 Å². The second kappa shape index (κ2) is 2.94. The Bertz CT molecular complexity index is 404. The van der Waals surface area contributed by atoms with Gasteiger partial charge in [-0.3, -0.25) is 4.79 Å². The fourth-order valence-electron chi connectivity index (χ4n) is 1.13. The highest BCUT2D eigenvalue weighted by Crippen LogP contribution is 2.07. The van der Waals surface area contributed by atoms with E-state index in [1.807, 2.05) is 30.3 Å². The largest absolute Gasteiger partial charge is 0.293 e. The molecular formula is C10H8N2O. The van der Waals surface area contributed by atoms with Gasteiger partial charge in [0.15, 0.2) is 5.84 Å². The van der Waals surface area contributed by atoms with Crippen molar-refractivity contribution in [1.29, 1.82) is 0 Å². The second-order valence-electron chi connectivity index (χ2n) is 2.80. The maximum absolute atomic E-state index is 11.0. The molecule has 1 amide bonds. The molecule has 3 heteroatoms. The fourth-order valence-corrected chi connectivity index (χ4v) is 1.13. The highest BCUT2D eigenvalue weighted by atomic mass is 16.1. The summed E-state index contributed by atoms with van der Waals surface area (Å²) in [7, 11) is 0. The van der Waals surface area contributed by atoms with E-state index in [1.54, 1.807) is 6.92 Å². The lowest BCUT2D eigenvalue weighted by Gasteiger charge is -1.93. The first-order valence-corrected chi connectivity index (χ1v) is 4.01. The van der Waals surface area contributed by atoms with Crippen molar-refractivity contribution < 1.29 is 4.79 Å². The Morgan fingerprint density at radius 1 is 1.08 bits per heavy atom. The Morgan fingerprint density at radius 2 is 1.77 bits per heavy atom. The Kier molecular flexibility index (Phi) is 1.77. The monoisotopic (exact) mass is 172 g/mol. The van der Waals surface area contributed by atoms with Crippen molar-refractivity contribution in [1.82, 2.24) is 0 Å². The van der Waals surface area contributed by atoms with Crippen LogP contribution < -0.4 is 0 Å². The zero-order valence-corrected chi connectivity index (χ0v) is 7.19. The first-order valence-electron chi connectivity index (χ1n) is 4.01. The number of carbonyl (C=O) groups is 1. The lowest BCUT2D eigenvalue weighted by Crippen LogP contribution is -1.99. The molecule has 0 radical (unpaired) electrons. The standard InChI is InChI=1S/C10H8N2O/c1-7-10(13)12-9(11-7)8-5-3-2-4-6-8/h2-6H,1H3. The average molecular weight is 172 g/mol. The minimum atomic E-state index is -0.237. The highest BCUT2D eigenvalue weighted by molar-refractivity contribution is 6.45. The zero-order chi connectivity index (χ0) is 9.26. The third-order valence-corrected chi connectivity index (χ3v) is 1.82. The number of carbonyl (C=O) groups excluding carboxylic acids is 1. The van der Waals surface area contributed by atoms with Crippen LogP contribution in [0.2, 0.25) is 0 Å². The molecule has 0 bridgehead atoms. The first-order chi connectivity index (χ1) is 6.27. The summed E-state index contributed by atoms with van der Waals surface area (Å²) >= 11 is 0. The van der Waals surface area contributed by atoms with Gasteiger partial charge >= 0.3 is 0 Å². The van der Waals surface area contributed by atoms with Gasteiger partial charge in [-0.05, 0) is 6.92 Å². The number of nitrogens with zero attached hydrogens (tertiary/aromatic N) is 2. The van der Waals surface area contributed by atoms with Crippen LogP contribution in [-0.4, -0.2) is 17.5 Å². The molecule has 2 rings (SSSR count). The normalized spacial score (nSPS) is 15.6. The predicted octanol–water partition coefficient (Wildman–Crippen LogP) is 1.43. The van der Waals surface area contributed by atoms with Crippen molar-refractivity contribution in [3.05, 3.63) is 35.9 Å². The Hall–Kier alpha value is -1.77. The molecule has 0 atom stereocenters. The molecule has 0 aromatic heterocycles. The molecule has 0 unspecified atom stereocenters. The molecule has 13 heavy (non-hydrogen) atoms. The zero-order valence-electron chi connectivity index (χ0n) is 7.19. The topological polar surface area (TPSA) is 41.8 Å². The van der Waals surface area contributed by atoms with E-state index in [4.69, 9.17) is 0 Å². The Balaban J connectivity index is 2.41. The van der Waals surface area contributed by atoms with Crippen molar-refractivity contribution in [2.24, 2.45) is 9.98 Å². The van der Waals surface area contributed by atoms with Crippen LogP contribution in [0.4, 0.5) is 0 Å². The number of benzene rings is 1. The van der Waals surface area contributed by atoms with E-state index in [0.29, 0.717) is 11.5 Å². The summed E-state index contributed by atoms with van der Waals surface area (Å²) in [5.74, 6) is 0.280. The molecule has 64 valence electrons. The van der Waals surface area contributed by atoms with E-state index in [0.717, 1.165) is 5.56 Å². The van der Waals surface area contributed by atoms with Crippen LogP contribution in [-0.2, 0) is 4.79 Å². The van der Waals surface area contributed by atoms with Gasteiger partial charge in [0.2, 0.25) is 0 Å². The van der Waals surface area contributed by atoms with Gasteiger partial charge in [-0.25, -0.2) is 4.99 Å². The van der Waals surface area contributed by atoms with Crippen LogP contribution in [0.5, 0.6) is 0 Å². The van der Waals surface area contributed by atoms with E-state index in [9.17, 15) is 4.79 Å². The summed E-state index contributed by atoms with van der Waals surface area (Å²) in [5.41, 5.74) is 1.34. The minimum Gasteiger partial charge on any atom is -0.265 e. The molecule has 0 spiro atoms. The van der Waals surface area contributed by atoms with Gasteiger partial charge in [0.1, 0.15) is 5.71 Å². The van der Waals surface area contributed by atoms with Crippen molar-refractivity contribution in [2.45, 2.75) is 6.92 Å². The lowest BCUT2D eigenvalue weighted by atomic mass is 10.2. The summed E-state index contributed by atoms with van der Waals surface area (Å²) in [4.78, 5) is 18.9. The van der Waals surface area contributed by atoms with Crippen LogP contribution in [0.15, 0.2) is 40.3 Å². The molecule has 0 saturated carbocycles. The summed E-state index contributed by atoms with van der Waals surface area (Å²) < 4.78 is 0. The smallest absolute Gasteiger partial charge is 0.265 e. The number of rotatable bonds is 1. The van der Waals surface area contributed by atoms with E-state index in [1.165, 1.54) is 0 Å². The molecule has 0 fully saturated rings. The van der Waals surface area contributed by atoms with Gasteiger partial charge in [-0.2, -0.15) is 4.99 Å². The van der Waals surface area contributed by atoms with Crippen molar-refractivity contribution in [3.63, 3.8) is 0 Å². The van der Waals surface area contributed by atoms with Crippen LogP contribution >= 0.6 is 0 Å². The van der Waals surface area contributed by atoms with Crippen molar-refractivity contribution in [2.75, 3.05) is 0 Å². The van der Waals surface area contributed by atoms with Crippen LogP contribution in [0.3, 0.4) is 0 Å². The van der Waals surface area contributed by atoms with Crippen LogP contribution in [0.1, 0.15) is 12.5 Å². The van der Waals surface area contributed by atoms with E-state index in [-0.39, 0.29) is 5.91 Å². The molecule has 1 aromatic carbocycles. The van der Waals surface area contributed by atoms with Gasteiger partial charge in [0.25, 0.3) is 5.91 Å². The van der Waals surface area contributed by atoms with Crippen LogP contribution in [0.25, 0.3) is 0 Å². The maximum Gasteiger partial charge on any atom is 0.293 e. The van der Waals surface area contributed by atoms with Gasteiger partial charge in [-0.1, -0.05) is 30.3 Å². The summed E-state index contributed by atoms with van der Waals surface area (Å²) in [6, 6.07) is 9.47. The number of hydrogen-bond donors (Lipinski definition) is 0. The van der Waals surface area contributed by atoms with E-state index in [2.05, 4.69) is 9.98 Å². The summed E-state index contributed by atoms with van der Waals surface area (Å²) in [6.45, 7) is 1.67. The molecule has 0 aliphatic carbocycles. The molecule has 0 N–H and O–H groups in total. The molecule has 1 aliphatic heterocycles. The van der Waals surface area contributed by atoms with Gasteiger partial charge < -0.3 is 0 Å². The number of aliphatic imine (C=N–C) groups is 2. The van der Waals surface area contributed by atoms with Gasteiger partial charge in [0, 0.05) is 5.56 Å². The number of amidine groups is 1. The molecule has 1 heterocycles. The average Bonchev–Trinajstić information content (AvgIpc) is 2.49. The van der Waals surface area contributed by atoms with Crippen LogP contribution in [0, 0.1) is 0 Å². The summed E-state index contributed by atoms with van der Waals surface area (Å²) in [6.07, 6.45) is 0. The minimum absolute atomic E-state index is 0.237. The molecular weight excluding hydrogens is 164 g/mol. The Labute approximate surface area is 75.8 Å². The van der Waals surface area contributed by atoms with Gasteiger partial charge in [-0.15, -0.1) is 0 Å². The first kappa shape index (κ1) is 7.86. The molecule has 3 nitrogen and oxygen atoms in total. The number of amides is 1. The SMILES string of the molecule is CC1=NC(c2ccccc2)=NC1=O. The third-order valence-electron chi connectivity index (χ3n) is 1.82. The van der Waals surface area contributed by atoms with Crippen molar-refractivity contribution >= 4 is 17.5 Å². The second-order valence-corrected chi connectivity index (χ2v) is 2.80. The quantitative estimate of drug-likeness (QED) is 0.631. The molecule has 1 aromatic rings. The third kappa shape index (κ3) is 1.40. The molecule has 1 aliphatic rings. The van der Waals surface area contributed by atoms with Crippen molar-refractivity contribution in [3.8, 4) is 0 Å². The highest BCUT2D eigenvalue weighted by Gasteiger charge is 2.15. The maximum atomic E-state index is 11.0. The fraction of sp³-hybridized carbons (Fsp3) is 0.100.